The van der Waals surface area contributed by atoms with Gasteiger partial charge in [-0.25, -0.2) is 0 Å². The molecule has 0 spiro atoms. The van der Waals surface area contributed by atoms with Crippen LogP contribution in [0.2, 0.25) is 0 Å². The monoisotopic (exact) mass is 211 g/mol. The van der Waals surface area contributed by atoms with E-state index in [9.17, 15) is 4.57 Å². The van der Waals surface area contributed by atoms with Crippen molar-refractivity contribution in [3.63, 3.8) is 0 Å². The van der Waals surface area contributed by atoms with Crippen LogP contribution >= 0.6 is 7.60 Å². The van der Waals surface area contributed by atoms with Crippen molar-refractivity contribution in [3.05, 3.63) is 36.0 Å². The van der Waals surface area contributed by atoms with Gasteiger partial charge in [0.2, 0.25) is 0 Å². The quantitative estimate of drug-likeness (QED) is 0.663. The number of rotatable bonds is 2. The van der Waals surface area contributed by atoms with E-state index in [4.69, 9.17) is 9.79 Å². The van der Waals surface area contributed by atoms with Crippen LogP contribution in [0, 0.1) is 0 Å². The van der Waals surface area contributed by atoms with Crippen LogP contribution in [0.3, 0.4) is 0 Å². The summed E-state index contributed by atoms with van der Waals surface area (Å²) in [7, 11) is -3.96. The fourth-order valence-electron chi connectivity index (χ4n) is 1.44. The predicted octanol–water partition coefficient (Wildman–Crippen LogP) is 1.85. The Morgan fingerprint density at radius 2 is 2.07 bits per heavy atom. The molecule has 1 aromatic heterocycles. The summed E-state index contributed by atoms with van der Waals surface area (Å²) in [5, 5.41) is 0.968. The standard InChI is InChI=1S/C9H10NO3P/c11-14(12,13)6-7-1-2-9-8(5-7)3-4-10-9/h1-5,10H,6H2,(H2,11,12,13). The molecule has 2 aromatic rings. The molecule has 74 valence electrons. The van der Waals surface area contributed by atoms with Gasteiger partial charge in [-0.2, -0.15) is 0 Å². The van der Waals surface area contributed by atoms with E-state index in [-0.39, 0.29) is 6.16 Å². The normalized spacial score (nSPS) is 12.1. The van der Waals surface area contributed by atoms with Crippen LogP contribution in [0.4, 0.5) is 0 Å². The first-order chi connectivity index (χ1) is 6.54. The van der Waals surface area contributed by atoms with E-state index < -0.39 is 7.60 Å². The first kappa shape index (κ1) is 9.46. The van der Waals surface area contributed by atoms with Gasteiger partial charge in [-0.05, 0) is 29.1 Å². The first-order valence-corrected chi connectivity index (χ1v) is 5.95. The van der Waals surface area contributed by atoms with Crippen molar-refractivity contribution in [1.82, 2.24) is 4.98 Å². The van der Waals surface area contributed by atoms with Gasteiger partial charge in [0.1, 0.15) is 0 Å². The molecule has 0 bridgehead atoms. The van der Waals surface area contributed by atoms with E-state index >= 15 is 0 Å². The predicted molar refractivity (Wildman–Crippen MR) is 54.0 cm³/mol. The van der Waals surface area contributed by atoms with Crippen LogP contribution in [0.1, 0.15) is 5.56 Å². The van der Waals surface area contributed by atoms with Gasteiger partial charge >= 0.3 is 7.60 Å². The maximum atomic E-state index is 10.8. The van der Waals surface area contributed by atoms with Crippen LogP contribution in [0.25, 0.3) is 10.9 Å². The molecule has 0 unspecified atom stereocenters. The summed E-state index contributed by atoms with van der Waals surface area (Å²) in [6, 6.07) is 7.20. The lowest BCUT2D eigenvalue weighted by atomic mass is 10.2. The Hall–Kier alpha value is -1.09. The first-order valence-electron chi connectivity index (χ1n) is 4.15. The van der Waals surface area contributed by atoms with Gasteiger partial charge in [0.05, 0.1) is 6.16 Å². The maximum absolute atomic E-state index is 10.8. The third-order valence-corrected chi connectivity index (χ3v) is 2.78. The minimum Gasteiger partial charge on any atom is -0.361 e. The third-order valence-electron chi connectivity index (χ3n) is 2.01. The highest BCUT2D eigenvalue weighted by molar-refractivity contribution is 7.50. The highest BCUT2D eigenvalue weighted by atomic mass is 31.2. The topological polar surface area (TPSA) is 73.3 Å². The fraction of sp³-hybridized carbons (Fsp3) is 0.111. The highest BCUT2D eigenvalue weighted by Gasteiger charge is 2.13. The summed E-state index contributed by atoms with van der Waals surface area (Å²) in [4.78, 5) is 20.6. The largest absolute Gasteiger partial charge is 0.361 e. The van der Waals surface area contributed by atoms with Gasteiger partial charge in [0, 0.05) is 11.7 Å². The summed E-state index contributed by atoms with van der Waals surface area (Å²) in [6.45, 7) is 0. The molecular weight excluding hydrogens is 201 g/mol. The van der Waals surface area contributed by atoms with Gasteiger partial charge in [-0.15, -0.1) is 0 Å². The maximum Gasteiger partial charge on any atom is 0.329 e. The van der Waals surface area contributed by atoms with Crippen LogP contribution in [0.5, 0.6) is 0 Å². The zero-order valence-corrected chi connectivity index (χ0v) is 8.24. The number of benzene rings is 1. The molecule has 0 saturated heterocycles. The SMILES string of the molecule is O=P(O)(O)Cc1ccc2[nH]ccc2c1. The number of nitrogens with one attached hydrogen (secondary N) is 1. The van der Waals surface area contributed by atoms with Crippen molar-refractivity contribution in [2.75, 3.05) is 0 Å². The molecular formula is C9H10NO3P. The molecule has 1 aromatic carbocycles. The van der Waals surface area contributed by atoms with Gasteiger partial charge in [-0.3, -0.25) is 4.57 Å². The van der Waals surface area contributed by atoms with Crippen LogP contribution in [0.15, 0.2) is 30.5 Å². The zero-order valence-electron chi connectivity index (χ0n) is 7.34. The molecule has 14 heavy (non-hydrogen) atoms. The molecule has 3 N–H and O–H groups in total. The molecule has 5 heteroatoms. The van der Waals surface area contributed by atoms with Crippen molar-refractivity contribution < 1.29 is 14.4 Å². The lowest BCUT2D eigenvalue weighted by molar-refractivity contribution is 0.372. The Morgan fingerprint density at radius 1 is 1.29 bits per heavy atom. The molecule has 0 atom stereocenters. The molecule has 0 aliphatic rings. The van der Waals surface area contributed by atoms with Gasteiger partial charge in [0.25, 0.3) is 0 Å². The van der Waals surface area contributed by atoms with Crippen molar-refractivity contribution in [2.45, 2.75) is 6.16 Å². The van der Waals surface area contributed by atoms with Gasteiger partial charge in [-0.1, -0.05) is 6.07 Å². The number of aromatic nitrogens is 1. The Kier molecular flexibility index (Phi) is 2.19. The summed E-state index contributed by atoms with van der Waals surface area (Å²) >= 11 is 0. The molecule has 4 nitrogen and oxygen atoms in total. The molecule has 0 aliphatic heterocycles. The van der Waals surface area contributed by atoms with Crippen LogP contribution in [-0.4, -0.2) is 14.8 Å². The second-order valence-electron chi connectivity index (χ2n) is 3.22. The number of hydrogen-bond acceptors (Lipinski definition) is 1. The molecule has 1 heterocycles. The molecule has 0 amide bonds. The Bertz CT molecular complexity index is 499. The Balaban J connectivity index is 2.39. The Morgan fingerprint density at radius 3 is 2.79 bits per heavy atom. The number of H-pyrrole nitrogens is 1. The molecule has 0 fully saturated rings. The molecule has 0 aliphatic carbocycles. The van der Waals surface area contributed by atoms with Crippen molar-refractivity contribution in [2.24, 2.45) is 0 Å². The third kappa shape index (κ3) is 2.04. The summed E-state index contributed by atoms with van der Waals surface area (Å²) < 4.78 is 10.8. The van der Waals surface area contributed by atoms with E-state index in [1.807, 2.05) is 12.1 Å². The van der Waals surface area contributed by atoms with E-state index in [0.717, 1.165) is 10.9 Å². The lowest BCUT2D eigenvalue weighted by Crippen LogP contribution is -1.86. The van der Waals surface area contributed by atoms with Crippen LogP contribution in [-0.2, 0) is 10.7 Å². The molecule has 2 rings (SSSR count). The van der Waals surface area contributed by atoms with Gasteiger partial charge in [0.15, 0.2) is 0 Å². The average molecular weight is 211 g/mol. The zero-order chi connectivity index (χ0) is 10.2. The van der Waals surface area contributed by atoms with E-state index in [2.05, 4.69) is 4.98 Å². The number of fused-ring (bicyclic) bond motifs is 1. The smallest absolute Gasteiger partial charge is 0.329 e. The lowest BCUT2D eigenvalue weighted by Gasteiger charge is -2.03. The minimum absolute atomic E-state index is 0.200. The van der Waals surface area contributed by atoms with Gasteiger partial charge < -0.3 is 14.8 Å². The molecule has 0 radical (unpaired) electrons. The fourth-order valence-corrected chi connectivity index (χ4v) is 2.11. The van der Waals surface area contributed by atoms with E-state index in [1.54, 1.807) is 18.3 Å². The number of aromatic amines is 1. The second kappa shape index (κ2) is 3.24. The highest BCUT2D eigenvalue weighted by Crippen LogP contribution is 2.39. The summed E-state index contributed by atoms with van der Waals surface area (Å²) in [6.07, 6.45) is 1.60. The van der Waals surface area contributed by atoms with Crippen molar-refractivity contribution in [3.8, 4) is 0 Å². The van der Waals surface area contributed by atoms with Crippen molar-refractivity contribution in [1.29, 1.82) is 0 Å². The number of hydrogen-bond donors (Lipinski definition) is 3. The minimum atomic E-state index is -3.96. The molecule has 0 saturated carbocycles. The van der Waals surface area contributed by atoms with E-state index in [0.29, 0.717) is 5.56 Å². The van der Waals surface area contributed by atoms with E-state index in [1.165, 1.54) is 0 Å². The Labute approximate surface area is 80.7 Å². The summed E-state index contributed by atoms with van der Waals surface area (Å²) in [5.41, 5.74) is 1.63. The average Bonchev–Trinajstić information content (AvgIpc) is 2.47. The summed E-state index contributed by atoms with van der Waals surface area (Å²) in [5.74, 6) is 0. The van der Waals surface area contributed by atoms with Crippen LogP contribution < -0.4 is 0 Å². The second-order valence-corrected chi connectivity index (χ2v) is 4.87. The van der Waals surface area contributed by atoms with Crippen molar-refractivity contribution >= 4 is 18.5 Å².